The van der Waals surface area contributed by atoms with E-state index in [1.807, 2.05) is 16.9 Å². The Kier molecular flexibility index (Phi) is 3.93. The topological polar surface area (TPSA) is 55.9 Å². The third-order valence-electron chi connectivity index (χ3n) is 2.72. The van der Waals surface area contributed by atoms with Crippen molar-refractivity contribution in [2.24, 2.45) is 0 Å². The van der Waals surface area contributed by atoms with Gasteiger partial charge in [-0.2, -0.15) is 0 Å². The highest BCUT2D eigenvalue weighted by molar-refractivity contribution is 5.22. The van der Waals surface area contributed by atoms with Gasteiger partial charge >= 0.3 is 0 Å². The average Bonchev–Trinajstić information content (AvgIpc) is 3.00. The summed E-state index contributed by atoms with van der Waals surface area (Å²) >= 11 is 0. The number of nitrogens with one attached hydrogen (secondary N) is 1. The van der Waals surface area contributed by atoms with Crippen molar-refractivity contribution in [3.05, 3.63) is 36.0 Å². The second-order valence-corrected chi connectivity index (χ2v) is 3.92. The van der Waals surface area contributed by atoms with E-state index in [1.54, 1.807) is 12.5 Å². The SMILES string of the molecule is CCCNC(c1ccoc1)c1cnnn1CC. The van der Waals surface area contributed by atoms with E-state index in [2.05, 4.69) is 29.5 Å². The van der Waals surface area contributed by atoms with Crippen LogP contribution in [0.4, 0.5) is 0 Å². The molecule has 0 bridgehead atoms. The lowest BCUT2D eigenvalue weighted by atomic mass is 10.1. The molecule has 0 amide bonds. The summed E-state index contributed by atoms with van der Waals surface area (Å²) in [6.07, 6.45) is 6.35. The molecule has 0 fully saturated rings. The molecule has 1 unspecified atom stereocenters. The van der Waals surface area contributed by atoms with Crippen molar-refractivity contribution >= 4 is 0 Å². The number of rotatable bonds is 6. The minimum Gasteiger partial charge on any atom is -0.472 e. The van der Waals surface area contributed by atoms with Crippen molar-refractivity contribution in [1.29, 1.82) is 0 Å². The van der Waals surface area contributed by atoms with Gasteiger partial charge in [0.05, 0.1) is 30.5 Å². The van der Waals surface area contributed by atoms with Crippen LogP contribution < -0.4 is 5.32 Å². The van der Waals surface area contributed by atoms with Crippen molar-refractivity contribution in [2.45, 2.75) is 32.9 Å². The van der Waals surface area contributed by atoms with Gasteiger partial charge in [-0.25, -0.2) is 4.68 Å². The largest absolute Gasteiger partial charge is 0.472 e. The maximum atomic E-state index is 5.16. The lowest BCUT2D eigenvalue weighted by Crippen LogP contribution is -2.25. The molecule has 0 saturated carbocycles. The van der Waals surface area contributed by atoms with Gasteiger partial charge in [-0.3, -0.25) is 0 Å². The Morgan fingerprint density at radius 1 is 1.47 bits per heavy atom. The number of aromatic nitrogens is 3. The summed E-state index contributed by atoms with van der Waals surface area (Å²) in [7, 11) is 0. The van der Waals surface area contributed by atoms with E-state index in [0.717, 1.165) is 30.8 Å². The highest BCUT2D eigenvalue weighted by atomic mass is 16.3. The van der Waals surface area contributed by atoms with Crippen molar-refractivity contribution in [1.82, 2.24) is 20.3 Å². The Bertz CT molecular complexity index is 435. The molecule has 5 heteroatoms. The van der Waals surface area contributed by atoms with Crippen LogP contribution in [0, 0.1) is 0 Å². The van der Waals surface area contributed by atoms with Crippen LogP contribution in [0.15, 0.2) is 29.2 Å². The predicted octanol–water partition coefficient (Wildman–Crippen LogP) is 1.98. The van der Waals surface area contributed by atoms with Crippen LogP contribution in [-0.4, -0.2) is 21.5 Å². The molecule has 17 heavy (non-hydrogen) atoms. The number of hydrogen-bond donors (Lipinski definition) is 1. The molecule has 92 valence electrons. The first-order chi connectivity index (χ1) is 8.36. The molecule has 2 rings (SSSR count). The fourth-order valence-electron chi connectivity index (χ4n) is 1.86. The smallest absolute Gasteiger partial charge is 0.0954 e. The van der Waals surface area contributed by atoms with Crippen molar-refractivity contribution in [3.63, 3.8) is 0 Å². The van der Waals surface area contributed by atoms with Crippen LogP contribution in [0.1, 0.15) is 37.6 Å². The molecule has 0 aliphatic carbocycles. The average molecular weight is 234 g/mol. The lowest BCUT2D eigenvalue weighted by molar-refractivity contribution is 0.513. The zero-order chi connectivity index (χ0) is 12.1. The second-order valence-electron chi connectivity index (χ2n) is 3.92. The summed E-state index contributed by atoms with van der Waals surface area (Å²) in [5.74, 6) is 0. The van der Waals surface area contributed by atoms with Crippen molar-refractivity contribution in [2.75, 3.05) is 6.54 Å². The molecule has 0 radical (unpaired) electrons. The Labute approximate surface area is 101 Å². The summed E-state index contributed by atoms with van der Waals surface area (Å²) in [4.78, 5) is 0. The number of furan rings is 1. The lowest BCUT2D eigenvalue weighted by Gasteiger charge is -2.17. The highest BCUT2D eigenvalue weighted by Gasteiger charge is 2.18. The van der Waals surface area contributed by atoms with Crippen LogP contribution in [-0.2, 0) is 6.54 Å². The van der Waals surface area contributed by atoms with Crippen molar-refractivity contribution < 1.29 is 4.42 Å². The van der Waals surface area contributed by atoms with Gasteiger partial charge in [0, 0.05) is 12.1 Å². The third kappa shape index (κ3) is 2.55. The molecule has 2 aromatic heterocycles. The van der Waals surface area contributed by atoms with Gasteiger partial charge in [-0.05, 0) is 26.0 Å². The molecule has 1 atom stereocenters. The molecule has 2 aromatic rings. The molecule has 1 N–H and O–H groups in total. The number of nitrogens with zero attached hydrogens (tertiary/aromatic N) is 3. The minimum absolute atomic E-state index is 0.101. The first kappa shape index (κ1) is 11.9. The first-order valence-electron chi connectivity index (χ1n) is 6.00. The summed E-state index contributed by atoms with van der Waals surface area (Å²) in [5.41, 5.74) is 2.18. The van der Waals surface area contributed by atoms with E-state index in [0.29, 0.717) is 0 Å². The molecule has 0 aromatic carbocycles. The monoisotopic (exact) mass is 234 g/mol. The summed E-state index contributed by atoms with van der Waals surface area (Å²) in [5, 5.41) is 11.5. The molecular formula is C12H18N4O. The molecule has 0 spiro atoms. The maximum Gasteiger partial charge on any atom is 0.0954 e. The molecule has 2 heterocycles. The van der Waals surface area contributed by atoms with Crippen LogP contribution >= 0.6 is 0 Å². The summed E-state index contributed by atoms with van der Waals surface area (Å²) in [6.45, 7) is 5.97. The second kappa shape index (κ2) is 5.63. The van der Waals surface area contributed by atoms with Gasteiger partial charge in [0.2, 0.25) is 0 Å². The molecule has 5 nitrogen and oxygen atoms in total. The number of hydrogen-bond acceptors (Lipinski definition) is 4. The molecule has 0 aliphatic rings. The van der Waals surface area contributed by atoms with Gasteiger partial charge in [-0.15, -0.1) is 5.10 Å². The van der Waals surface area contributed by atoms with E-state index in [9.17, 15) is 0 Å². The van der Waals surface area contributed by atoms with Crippen LogP contribution in [0.5, 0.6) is 0 Å². The van der Waals surface area contributed by atoms with E-state index < -0.39 is 0 Å². The Hall–Kier alpha value is -1.62. The van der Waals surface area contributed by atoms with Gasteiger partial charge in [0.25, 0.3) is 0 Å². The van der Waals surface area contributed by atoms with Gasteiger partial charge in [0.1, 0.15) is 0 Å². The Balaban J connectivity index is 2.27. The van der Waals surface area contributed by atoms with Gasteiger partial charge in [-0.1, -0.05) is 12.1 Å². The van der Waals surface area contributed by atoms with E-state index in [1.165, 1.54) is 0 Å². The van der Waals surface area contributed by atoms with Crippen LogP contribution in [0.3, 0.4) is 0 Å². The minimum atomic E-state index is 0.101. The van der Waals surface area contributed by atoms with Gasteiger partial charge in [0.15, 0.2) is 0 Å². The third-order valence-corrected chi connectivity index (χ3v) is 2.72. The standard InChI is InChI=1S/C12H18N4O/c1-3-6-13-12(10-5-7-17-9-10)11-8-14-15-16(11)4-2/h5,7-9,12-13H,3-4,6H2,1-2H3. The first-order valence-corrected chi connectivity index (χ1v) is 6.00. The Morgan fingerprint density at radius 3 is 3.00 bits per heavy atom. The quantitative estimate of drug-likeness (QED) is 0.830. The molecule has 0 saturated heterocycles. The summed E-state index contributed by atoms with van der Waals surface area (Å²) in [6, 6.07) is 2.07. The van der Waals surface area contributed by atoms with Crippen molar-refractivity contribution in [3.8, 4) is 0 Å². The van der Waals surface area contributed by atoms with E-state index in [4.69, 9.17) is 4.42 Å². The zero-order valence-corrected chi connectivity index (χ0v) is 10.3. The molecule has 0 aliphatic heterocycles. The zero-order valence-electron chi connectivity index (χ0n) is 10.3. The van der Waals surface area contributed by atoms with Crippen LogP contribution in [0.25, 0.3) is 0 Å². The number of aryl methyl sites for hydroxylation is 1. The normalized spacial score (nSPS) is 12.8. The fourth-order valence-corrected chi connectivity index (χ4v) is 1.86. The molecular weight excluding hydrogens is 216 g/mol. The predicted molar refractivity (Wildman–Crippen MR) is 64.5 cm³/mol. The highest BCUT2D eigenvalue weighted by Crippen LogP contribution is 2.21. The summed E-state index contributed by atoms with van der Waals surface area (Å²) < 4.78 is 7.06. The fraction of sp³-hybridized carbons (Fsp3) is 0.500. The van der Waals surface area contributed by atoms with Crippen LogP contribution in [0.2, 0.25) is 0 Å². The van der Waals surface area contributed by atoms with E-state index in [-0.39, 0.29) is 6.04 Å². The maximum absolute atomic E-state index is 5.16. The van der Waals surface area contributed by atoms with Gasteiger partial charge < -0.3 is 9.73 Å². The van der Waals surface area contributed by atoms with E-state index >= 15 is 0 Å². The Morgan fingerprint density at radius 2 is 2.35 bits per heavy atom.